The zero-order valence-corrected chi connectivity index (χ0v) is 12.9. The minimum absolute atomic E-state index is 0.452. The molecule has 1 aliphatic rings. The molecule has 2 nitrogen and oxygen atoms in total. The molecule has 0 bridgehead atoms. The smallest absolute Gasteiger partial charge is 0.146 e. The Morgan fingerprint density at radius 1 is 1.44 bits per heavy atom. The monoisotopic (exact) mass is 368 g/mol. The van der Waals surface area contributed by atoms with E-state index in [-0.39, 0.29) is 0 Å². The quantitative estimate of drug-likeness (QED) is 0.576. The summed E-state index contributed by atoms with van der Waals surface area (Å²) in [6, 6.07) is 0. The van der Waals surface area contributed by atoms with Crippen molar-refractivity contribution in [3.63, 3.8) is 0 Å². The number of aryl methyl sites for hydroxylation is 1. The van der Waals surface area contributed by atoms with Gasteiger partial charge in [-0.2, -0.15) is 11.8 Å². The summed E-state index contributed by atoms with van der Waals surface area (Å²) < 4.78 is 1.01. The van der Waals surface area contributed by atoms with Crippen molar-refractivity contribution in [3.05, 3.63) is 20.2 Å². The van der Waals surface area contributed by atoms with Gasteiger partial charge < -0.3 is 0 Å². The van der Waals surface area contributed by atoms with Crippen LogP contribution in [0.1, 0.15) is 43.0 Å². The number of nitrogens with zero attached hydrogens (tertiary/aromatic N) is 2. The van der Waals surface area contributed by atoms with Gasteiger partial charge in [0.05, 0.1) is 14.5 Å². The second-order valence-electron chi connectivity index (χ2n) is 3.84. The van der Waals surface area contributed by atoms with Crippen LogP contribution in [0.15, 0.2) is 0 Å². The Labute approximate surface area is 119 Å². The van der Waals surface area contributed by atoms with Crippen LogP contribution in [0.3, 0.4) is 0 Å². The van der Waals surface area contributed by atoms with Crippen molar-refractivity contribution in [2.45, 2.75) is 37.9 Å². The lowest BCUT2D eigenvalue weighted by Gasteiger charge is -2.20. The minimum Gasteiger partial charge on any atom is -0.236 e. The highest BCUT2D eigenvalue weighted by atomic mass is 127. The lowest BCUT2D eigenvalue weighted by Crippen LogP contribution is -2.09. The molecule has 1 fully saturated rings. The average Bonchev–Trinajstić information content (AvgIpc) is 2.33. The Hall–Kier alpha value is 0.450. The molecular formula is C11H14ClIN2S. The second-order valence-corrected chi connectivity index (χ2v) is 6.59. The summed E-state index contributed by atoms with van der Waals surface area (Å²) in [5.74, 6) is 2.16. The van der Waals surface area contributed by atoms with Crippen molar-refractivity contribution in [2.75, 3.05) is 5.75 Å². The van der Waals surface area contributed by atoms with Gasteiger partial charge in [0.1, 0.15) is 11.0 Å². The van der Waals surface area contributed by atoms with Crippen LogP contribution in [0.25, 0.3) is 0 Å². The highest BCUT2D eigenvalue weighted by Gasteiger charge is 2.21. The Bertz CT molecular complexity index is 380. The maximum absolute atomic E-state index is 6.15. The topological polar surface area (TPSA) is 25.8 Å². The van der Waals surface area contributed by atoms with Crippen LogP contribution in [-0.2, 0) is 6.42 Å². The first-order chi connectivity index (χ1) is 7.72. The number of aromatic nitrogens is 2. The van der Waals surface area contributed by atoms with Crippen LogP contribution in [0.4, 0.5) is 0 Å². The van der Waals surface area contributed by atoms with E-state index in [0.717, 1.165) is 21.5 Å². The molecule has 0 saturated carbocycles. The predicted octanol–water partition coefficient (Wildman–Crippen LogP) is 4.26. The molecule has 1 unspecified atom stereocenters. The summed E-state index contributed by atoms with van der Waals surface area (Å²) >= 11 is 10.3. The normalized spacial score (nSPS) is 21.1. The van der Waals surface area contributed by atoms with E-state index in [1.807, 2.05) is 11.8 Å². The maximum Gasteiger partial charge on any atom is 0.146 e. The molecule has 5 heteroatoms. The van der Waals surface area contributed by atoms with Gasteiger partial charge in [0.25, 0.3) is 0 Å². The third-order valence-electron chi connectivity index (χ3n) is 2.70. The van der Waals surface area contributed by atoms with E-state index >= 15 is 0 Å². The first-order valence-electron chi connectivity index (χ1n) is 5.55. The van der Waals surface area contributed by atoms with Crippen molar-refractivity contribution >= 4 is 46.0 Å². The van der Waals surface area contributed by atoms with E-state index in [1.54, 1.807) is 0 Å². The Balaban J connectivity index is 2.29. The molecule has 0 radical (unpaired) electrons. The van der Waals surface area contributed by atoms with Crippen molar-refractivity contribution in [1.82, 2.24) is 9.97 Å². The molecule has 1 saturated heterocycles. The fourth-order valence-corrected chi connectivity index (χ4v) is 3.87. The first-order valence-corrected chi connectivity index (χ1v) is 8.06. The van der Waals surface area contributed by atoms with Gasteiger partial charge in [-0.3, -0.25) is 0 Å². The molecule has 1 aromatic rings. The lowest BCUT2D eigenvalue weighted by molar-refractivity contribution is 0.658. The minimum atomic E-state index is 0.452. The van der Waals surface area contributed by atoms with Gasteiger partial charge in [-0.25, -0.2) is 9.97 Å². The van der Waals surface area contributed by atoms with Gasteiger partial charge in [-0.05, 0) is 47.6 Å². The molecule has 0 N–H and O–H groups in total. The summed E-state index contributed by atoms with van der Waals surface area (Å²) in [4.78, 5) is 9.08. The number of rotatable bonds is 2. The fraction of sp³-hybridized carbons (Fsp3) is 0.636. The number of halogens is 2. The molecule has 88 valence electrons. The molecule has 0 spiro atoms. The summed E-state index contributed by atoms with van der Waals surface area (Å²) in [7, 11) is 0. The molecule has 0 amide bonds. The van der Waals surface area contributed by atoms with E-state index in [1.165, 1.54) is 25.0 Å². The molecule has 0 aliphatic carbocycles. The van der Waals surface area contributed by atoms with Gasteiger partial charge in [-0.15, -0.1) is 0 Å². The maximum atomic E-state index is 6.15. The highest BCUT2D eigenvalue weighted by Crippen LogP contribution is 2.37. The van der Waals surface area contributed by atoms with Gasteiger partial charge >= 0.3 is 0 Å². The van der Waals surface area contributed by atoms with Crippen LogP contribution in [0.5, 0.6) is 0 Å². The van der Waals surface area contributed by atoms with Crippen LogP contribution in [-0.4, -0.2) is 15.7 Å². The van der Waals surface area contributed by atoms with E-state index in [9.17, 15) is 0 Å². The van der Waals surface area contributed by atoms with Gasteiger partial charge in [-0.1, -0.05) is 24.9 Å². The standard InChI is InChI=1S/C11H14ClIN2S/c1-2-7-9(13)10(12)15-11(14-7)8-5-3-4-6-16-8/h8H,2-6H2,1H3. The predicted molar refractivity (Wildman–Crippen MR) is 78.2 cm³/mol. The average molecular weight is 369 g/mol. The molecule has 2 heterocycles. The summed E-state index contributed by atoms with van der Waals surface area (Å²) in [6.07, 6.45) is 4.71. The Morgan fingerprint density at radius 3 is 2.88 bits per heavy atom. The molecule has 2 rings (SSSR count). The first kappa shape index (κ1) is 12.9. The molecule has 0 aromatic carbocycles. The number of thioether (sulfide) groups is 1. The molecule has 1 aliphatic heterocycles. The zero-order valence-electron chi connectivity index (χ0n) is 9.17. The fourth-order valence-electron chi connectivity index (χ4n) is 1.80. The van der Waals surface area contributed by atoms with Gasteiger partial charge in [0, 0.05) is 0 Å². The van der Waals surface area contributed by atoms with Crippen LogP contribution >= 0.6 is 46.0 Å². The Morgan fingerprint density at radius 2 is 2.25 bits per heavy atom. The SMILES string of the molecule is CCc1nc(C2CCCCS2)nc(Cl)c1I. The number of hydrogen-bond donors (Lipinski definition) is 0. The van der Waals surface area contributed by atoms with Crippen molar-refractivity contribution in [3.8, 4) is 0 Å². The van der Waals surface area contributed by atoms with Crippen LogP contribution in [0, 0.1) is 3.57 Å². The van der Waals surface area contributed by atoms with Gasteiger partial charge in [0.15, 0.2) is 0 Å². The molecule has 16 heavy (non-hydrogen) atoms. The van der Waals surface area contributed by atoms with E-state index in [2.05, 4.69) is 39.5 Å². The van der Waals surface area contributed by atoms with Crippen LogP contribution in [0.2, 0.25) is 5.15 Å². The zero-order chi connectivity index (χ0) is 11.5. The Kier molecular flexibility index (Phi) is 4.73. The van der Waals surface area contributed by atoms with E-state index in [0.29, 0.717) is 10.4 Å². The summed E-state index contributed by atoms with van der Waals surface area (Å²) in [5, 5.41) is 1.07. The third-order valence-corrected chi connectivity index (χ3v) is 5.80. The highest BCUT2D eigenvalue weighted by molar-refractivity contribution is 14.1. The second kappa shape index (κ2) is 5.87. The molecular weight excluding hydrogens is 355 g/mol. The largest absolute Gasteiger partial charge is 0.236 e. The van der Waals surface area contributed by atoms with E-state index < -0.39 is 0 Å². The van der Waals surface area contributed by atoms with E-state index in [4.69, 9.17) is 11.6 Å². The lowest BCUT2D eigenvalue weighted by atomic mass is 10.2. The third kappa shape index (κ3) is 2.82. The van der Waals surface area contributed by atoms with Gasteiger partial charge in [0.2, 0.25) is 0 Å². The van der Waals surface area contributed by atoms with Crippen molar-refractivity contribution in [2.24, 2.45) is 0 Å². The van der Waals surface area contributed by atoms with Crippen molar-refractivity contribution in [1.29, 1.82) is 0 Å². The number of hydrogen-bond acceptors (Lipinski definition) is 3. The summed E-state index contributed by atoms with van der Waals surface area (Å²) in [5.41, 5.74) is 1.08. The molecule has 1 atom stereocenters. The van der Waals surface area contributed by atoms with Crippen molar-refractivity contribution < 1.29 is 0 Å². The summed E-state index contributed by atoms with van der Waals surface area (Å²) in [6.45, 7) is 2.11. The van der Waals surface area contributed by atoms with Crippen LogP contribution < -0.4 is 0 Å². The molecule has 1 aromatic heterocycles.